The maximum absolute atomic E-state index is 13.7. The number of pyridine rings is 1. The van der Waals surface area contributed by atoms with E-state index in [1.54, 1.807) is 18.3 Å². The van der Waals surface area contributed by atoms with Crippen LogP contribution in [0.15, 0.2) is 36.5 Å². The summed E-state index contributed by atoms with van der Waals surface area (Å²) in [4.78, 5) is 20.8. The molecule has 1 aliphatic heterocycles. The number of benzene rings is 1. The summed E-state index contributed by atoms with van der Waals surface area (Å²) in [6, 6.07) is 7.84. The molecule has 1 aromatic carbocycles. The SMILES string of the molecule is CN(C)c1ccc(NC(=O)c2cc(F)ccc2N2CCOCC2)nc1. The molecular formula is C18H21FN4O2. The van der Waals surface area contributed by atoms with Gasteiger partial charge >= 0.3 is 0 Å². The van der Waals surface area contributed by atoms with Crippen LogP contribution in [0.3, 0.4) is 0 Å². The predicted molar refractivity (Wildman–Crippen MR) is 95.9 cm³/mol. The van der Waals surface area contributed by atoms with Gasteiger partial charge in [0, 0.05) is 32.9 Å². The van der Waals surface area contributed by atoms with E-state index in [-0.39, 0.29) is 5.91 Å². The largest absolute Gasteiger partial charge is 0.378 e. The third kappa shape index (κ3) is 4.06. The average Bonchev–Trinajstić information content (AvgIpc) is 2.63. The van der Waals surface area contributed by atoms with Crippen LogP contribution in [0.25, 0.3) is 0 Å². The minimum atomic E-state index is -0.446. The molecule has 0 saturated carbocycles. The van der Waals surface area contributed by atoms with Gasteiger partial charge in [-0.3, -0.25) is 4.79 Å². The minimum absolute atomic E-state index is 0.292. The molecule has 0 radical (unpaired) electrons. The van der Waals surface area contributed by atoms with Crippen molar-refractivity contribution in [2.75, 3.05) is 55.5 Å². The van der Waals surface area contributed by atoms with E-state index in [1.807, 2.05) is 30.0 Å². The zero-order valence-corrected chi connectivity index (χ0v) is 14.3. The third-order valence-corrected chi connectivity index (χ3v) is 4.06. The lowest BCUT2D eigenvalue weighted by atomic mass is 10.1. The fourth-order valence-corrected chi connectivity index (χ4v) is 2.68. The number of halogens is 1. The van der Waals surface area contributed by atoms with E-state index in [0.29, 0.717) is 43.4 Å². The number of nitrogens with zero attached hydrogens (tertiary/aromatic N) is 3. The normalized spacial score (nSPS) is 14.3. The van der Waals surface area contributed by atoms with Crippen LogP contribution >= 0.6 is 0 Å². The standard InChI is InChI=1S/C18H21FN4O2/c1-22(2)14-4-6-17(20-12-14)21-18(24)15-11-13(19)3-5-16(15)23-7-9-25-10-8-23/h3-6,11-12H,7-10H2,1-2H3,(H,20,21,24). The number of nitrogens with one attached hydrogen (secondary N) is 1. The summed E-state index contributed by atoms with van der Waals surface area (Å²) < 4.78 is 19.1. The Morgan fingerprint density at radius 1 is 1.24 bits per heavy atom. The van der Waals surface area contributed by atoms with E-state index in [2.05, 4.69) is 10.3 Å². The van der Waals surface area contributed by atoms with Crippen LogP contribution in [-0.4, -0.2) is 51.3 Å². The van der Waals surface area contributed by atoms with Gasteiger partial charge in [0.25, 0.3) is 5.91 Å². The zero-order chi connectivity index (χ0) is 17.8. The second-order valence-corrected chi connectivity index (χ2v) is 6.01. The monoisotopic (exact) mass is 344 g/mol. The molecule has 1 N–H and O–H groups in total. The second kappa shape index (κ2) is 7.48. The van der Waals surface area contributed by atoms with Gasteiger partial charge in [-0.15, -0.1) is 0 Å². The first-order chi connectivity index (χ1) is 12.0. The van der Waals surface area contributed by atoms with E-state index in [0.717, 1.165) is 5.69 Å². The minimum Gasteiger partial charge on any atom is -0.378 e. The molecule has 1 fully saturated rings. The number of hydrogen-bond donors (Lipinski definition) is 1. The number of carbonyl (C=O) groups excluding carboxylic acids is 1. The van der Waals surface area contributed by atoms with Gasteiger partial charge in [-0.1, -0.05) is 0 Å². The Labute approximate surface area is 146 Å². The Bertz CT molecular complexity index is 743. The molecule has 132 valence electrons. The zero-order valence-electron chi connectivity index (χ0n) is 14.3. The van der Waals surface area contributed by atoms with Gasteiger partial charge in [0.2, 0.25) is 0 Å². The van der Waals surface area contributed by atoms with Crippen molar-refractivity contribution in [1.29, 1.82) is 0 Å². The Morgan fingerprint density at radius 3 is 2.64 bits per heavy atom. The van der Waals surface area contributed by atoms with Gasteiger partial charge < -0.3 is 19.9 Å². The molecule has 1 aliphatic rings. The Hall–Kier alpha value is -2.67. The van der Waals surface area contributed by atoms with Gasteiger partial charge in [-0.2, -0.15) is 0 Å². The van der Waals surface area contributed by atoms with Crippen molar-refractivity contribution in [2.24, 2.45) is 0 Å². The molecular weight excluding hydrogens is 323 g/mol. The molecule has 0 unspecified atom stereocenters. The summed E-state index contributed by atoms with van der Waals surface area (Å²) in [5, 5.41) is 2.74. The highest BCUT2D eigenvalue weighted by atomic mass is 19.1. The van der Waals surface area contributed by atoms with Crippen molar-refractivity contribution in [3.8, 4) is 0 Å². The van der Waals surface area contributed by atoms with Gasteiger partial charge in [0.05, 0.1) is 30.7 Å². The summed E-state index contributed by atoms with van der Waals surface area (Å²) in [6.07, 6.45) is 1.67. The Kier molecular flexibility index (Phi) is 5.14. The van der Waals surface area contributed by atoms with Crippen LogP contribution in [-0.2, 0) is 4.74 Å². The molecule has 1 amide bonds. The lowest BCUT2D eigenvalue weighted by molar-refractivity contribution is 0.102. The van der Waals surface area contributed by atoms with Crippen molar-refractivity contribution < 1.29 is 13.9 Å². The van der Waals surface area contributed by atoms with Gasteiger partial charge in [-0.25, -0.2) is 9.37 Å². The Balaban J connectivity index is 1.82. The number of aromatic nitrogens is 1. The lowest BCUT2D eigenvalue weighted by Gasteiger charge is -2.30. The maximum Gasteiger partial charge on any atom is 0.259 e. The second-order valence-electron chi connectivity index (χ2n) is 6.01. The highest BCUT2D eigenvalue weighted by Gasteiger charge is 2.20. The van der Waals surface area contributed by atoms with Crippen LogP contribution in [0, 0.1) is 5.82 Å². The maximum atomic E-state index is 13.7. The number of ether oxygens (including phenoxy) is 1. The molecule has 1 aromatic heterocycles. The highest BCUT2D eigenvalue weighted by molar-refractivity contribution is 6.07. The molecule has 25 heavy (non-hydrogen) atoms. The van der Waals surface area contributed by atoms with E-state index < -0.39 is 5.82 Å². The van der Waals surface area contributed by atoms with Gasteiger partial charge in [0.15, 0.2) is 0 Å². The molecule has 3 rings (SSSR count). The van der Waals surface area contributed by atoms with Crippen LogP contribution in [0.5, 0.6) is 0 Å². The summed E-state index contributed by atoms with van der Waals surface area (Å²) in [5.41, 5.74) is 1.92. The molecule has 0 spiro atoms. The van der Waals surface area contributed by atoms with Crippen LogP contribution in [0.2, 0.25) is 0 Å². The fraction of sp³-hybridized carbons (Fsp3) is 0.333. The van der Waals surface area contributed by atoms with Crippen LogP contribution in [0.1, 0.15) is 10.4 Å². The van der Waals surface area contributed by atoms with Crippen LogP contribution < -0.4 is 15.1 Å². The summed E-state index contributed by atoms with van der Waals surface area (Å²) in [5.74, 6) is -0.406. The number of morpholine rings is 1. The molecule has 0 aliphatic carbocycles. The Morgan fingerprint density at radius 2 is 2.00 bits per heavy atom. The van der Waals surface area contributed by atoms with E-state index in [4.69, 9.17) is 4.74 Å². The highest BCUT2D eigenvalue weighted by Crippen LogP contribution is 2.24. The molecule has 1 saturated heterocycles. The van der Waals surface area contributed by atoms with Crippen molar-refractivity contribution >= 4 is 23.1 Å². The van der Waals surface area contributed by atoms with E-state index in [9.17, 15) is 9.18 Å². The van der Waals surface area contributed by atoms with Crippen molar-refractivity contribution in [1.82, 2.24) is 4.98 Å². The van der Waals surface area contributed by atoms with E-state index >= 15 is 0 Å². The number of anilines is 3. The third-order valence-electron chi connectivity index (χ3n) is 4.06. The molecule has 2 heterocycles. The molecule has 6 nitrogen and oxygen atoms in total. The molecule has 0 bridgehead atoms. The first-order valence-corrected chi connectivity index (χ1v) is 8.11. The van der Waals surface area contributed by atoms with Crippen molar-refractivity contribution in [3.05, 3.63) is 47.9 Å². The smallest absolute Gasteiger partial charge is 0.259 e. The quantitative estimate of drug-likeness (QED) is 0.923. The molecule has 2 aromatic rings. The topological polar surface area (TPSA) is 57.7 Å². The first kappa shape index (κ1) is 17.2. The first-order valence-electron chi connectivity index (χ1n) is 8.11. The number of rotatable bonds is 4. The summed E-state index contributed by atoms with van der Waals surface area (Å²) >= 11 is 0. The predicted octanol–water partition coefficient (Wildman–Crippen LogP) is 2.38. The number of amides is 1. The molecule has 7 heteroatoms. The summed E-state index contributed by atoms with van der Waals surface area (Å²) in [6.45, 7) is 2.52. The van der Waals surface area contributed by atoms with Crippen LogP contribution in [0.4, 0.5) is 21.6 Å². The van der Waals surface area contributed by atoms with E-state index in [1.165, 1.54) is 12.1 Å². The number of hydrogen-bond acceptors (Lipinski definition) is 5. The average molecular weight is 344 g/mol. The van der Waals surface area contributed by atoms with Gasteiger partial charge in [0.1, 0.15) is 11.6 Å². The number of carbonyl (C=O) groups is 1. The van der Waals surface area contributed by atoms with Gasteiger partial charge in [-0.05, 0) is 30.3 Å². The van der Waals surface area contributed by atoms with Crippen molar-refractivity contribution in [2.45, 2.75) is 0 Å². The van der Waals surface area contributed by atoms with Crippen molar-refractivity contribution in [3.63, 3.8) is 0 Å². The fourth-order valence-electron chi connectivity index (χ4n) is 2.68. The lowest BCUT2D eigenvalue weighted by Crippen LogP contribution is -2.37. The summed E-state index contributed by atoms with van der Waals surface area (Å²) in [7, 11) is 3.83. The molecule has 0 atom stereocenters.